The van der Waals surface area contributed by atoms with Crippen LogP contribution in [0, 0.1) is 0 Å². The molecule has 0 aliphatic carbocycles. The Labute approximate surface area is 123 Å². The van der Waals surface area contributed by atoms with Crippen molar-refractivity contribution in [2.75, 3.05) is 6.61 Å². The third-order valence-electron chi connectivity index (χ3n) is 3.59. The van der Waals surface area contributed by atoms with E-state index in [0.29, 0.717) is 13.0 Å². The molecule has 2 N–H and O–H groups in total. The van der Waals surface area contributed by atoms with Crippen LogP contribution in [0.1, 0.15) is 23.6 Å². The molecule has 108 valence electrons. The fourth-order valence-corrected chi connectivity index (χ4v) is 2.54. The summed E-state index contributed by atoms with van der Waals surface area (Å²) in [7, 11) is 0. The Balaban J connectivity index is 1.67. The molecular formula is C17H17NO3. The third-order valence-corrected chi connectivity index (χ3v) is 3.59. The summed E-state index contributed by atoms with van der Waals surface area (Å²) in [6.07, 6.45) is 1.08. The lowest BCUT2D eigenvalue weighted by Crippen LogP contribution is -2.33. The van der Waals surface area contributed by atoms with Crippen LogP contribution < -0.4 is 10.1 Å². The van der Waals surface area contributed by atoms with Crippen LogP contribution in [0.5, 0.6) is 11.5 Å². The minimum atomic E-state index is -0.0256. The number of carbonyl (C=O) groups is 1. The molecule has 0 aromatic heterocycles. The van der Waals surface area contributed by atoms with E-state index in [9.17, 15) is 9.90 Å². The molecule has 2 aromatic rings. The zero-order valence-corrected chi connectivity index (χ0v) is 11.6. The molecule has 3 rings (SSSR count). The number of rotatable bonds is 3. The number of ether oxygens (including phenoxy) is 1. The molecule has 1 amide bonds. The molecule has 0 fully saturated rings. The first-order valence-corrected chi connectivity index (χ1v) is 7.01. The Morgan fingerprint density at radius 2 is 1.95 bits per heavy atom. The van der Waals surface area contributed by atoms with E-state index >= 15 is 0 Å². The number of phenols is 1. The van der Waals surface area contributed by atoms with Gasteiger partial charge in [0.05, 0.1) is 19.1 Å². The Kier molecular flexibility index (Phi) is 3.77. The van der Waals surface area contributed by atoms with Crippen molar-refractivity contribution >= 4 is 5.91 Å². The summed E-state index contributed by atoms with van der Waals surface area (Å²) in [4.78, 5) is 12.2. The quantitative estimate of drug-likeness (QED) is 0.910. The number of hydrogen-bond acceptors (Lipinski definition) is 3. The molecule has 21 heavy (non-hydrogen) atoms. The molecule has 4 heteroatoms. The maximum atomic E-state index is 12.2. The summed E-state index contributed by atoms with van der Waals surface area (Å²) in [5, 5.41) is 12.3. The van der Waals surface area contributed by atoms with Gasteiger partial charge in [0.1, 0.15) is 11.5 Å². The first-order valence-electron chi connectivity index (χ1n) is 7.01. The molecule has 0 saturated heterocycles. The number of phenolic OH excluding ortho intramolecular Hbond substituents is 1. The number of aromatic hydroxyl groups is 1. The van der Waals surface area contributed by atoms with Gasteiger partial charge in [0.25, 0.3) is 0 Å². The number of nitrogens with one attached hydrogen (secondary N) is 1. The van der Waals surface area contributed by atoms with Gasteiger partial charge in [0.2, 0.25) is 5.91 Å². The normalized spacial score (nSPS) is 16.7. The van der Waals surface area contributed by atoms with Crippen LogP contribution >= 0.6 is 0 Å². The van der Waals surface area contributed by atoms with Crippen molar-refractivity contribution in [2.24, 2.45) is 0 Å². The Hall–Kier alpha value is -2.49. The van der Waals surface area contributed by atoms with E-state index in [4.69, 9.17) is 4.74 Å². The molecule has 0 spiro atoms. The van der Waals surface area contributed by atoms with Crippen LogP contribution in [-0.2, 0) is 11.2 Å². The predicted octanol–water partition coefficient (Wildman–Crippen LogP) is 2.57. The van der Waals surface area contributed by atoms with Gasteiger partial charge < -0.3 is 15.2 Å². The van der Waals surface area contributed by atoms with Crippen molar-refractivity contribution < 1.29 is 14.6 Å². The smallest absolute Gasteiger partial charge is 0.224 e. The number of fused-ring (bicyclic) bond motifs is 1. The molecule has 0 radical (unpaired) electrons. The van der Waals surface area contributed by atoms with Crippen LogP contribution in [0.25, 0.3) is 0 Å². The maximum Gasteiger partial charge on any atom is 0.224 e. The third kappa shape index (κ3) is 3.16. The van der Waals surface area contributed by atoms with Gasteiger partial charge in [-0.2, -0.15) is 0 Å². The van der Waals surface area contributed by atoms with E-state index in [1.807, 2.05) is 24.3 Å². The second-order valence-corrected chi connectivity index (χ2v) is 5.14. The van der Waals surface area contributed by atoms with Gasteiger partial charge in [-0.15, -0.1) is 0 Å². The molecule has 1 heterocycles. The molecule has 2 aromatic carbocycles. The predicted molar refractivity (Wildman–Crippen MR) is 79.2 cm³/mol. The summed E-state index contributed by atoms with van der Waals surface area (Å²) in [5.74, 6) is 1.03. The van der Waals surface area contributed by atoms with Crippen molar-refractivity contribution in [1.29, 1.82) is 0 Å². The molecule has 1 unspecified atom stereocenters. The van der Waals surface area contributed by atoms with Gasteiger partial charge >= 0.3 is 0 Å². The summed E-state index contributed by atoms with van der Waals surface area (Å²) in [5.41, 5.74) is 1.91. The number of benzene rings is 2. The fourth-order valence-electron chi connectivity index (χ4n) is 2.54. The van der Waals surface area contributed by atoms with Gasteiger partial charge in [0, 0.05) is 12.0 Å². The zero-order chi connectivity index (χ0) is 14.7. The fraction of sp³-hybridized carbons (Fsp3) is 0.235. The molecule has 0 bridgehead atoms. The van der Waals surface area contributed by atoms with Gasteiger partial charge in [-0.25, -0.2) is 0 Å². The lowest BCUT2D eigenvalue weighted by atomic mass is 10.00. The number of hydrogen-bond donors (Lipinski definition) is 2. The van der Waals surface area contributed by atoms with Crippen molar-refractivity contribution in [3.8, 4) is 11.5 Å². The lowest BCUT2D eigenvalue weighted by molar-refractivity contribution is -0.121. The van der Waals surface area contributed by atoms with Gasteiger partial charge in [0.15, 0.2) is 0 Å². The molecule has 1 atom stereocenters. The summed E-state index contributed by atoms with van der Waals surface area (Å²) < 4.78 is 5.59. The van der Waals surface area contributed by atoms with E-state index in [1.54, 1.807) is 24.3 Å². The Bertz CT molecular complexity index is 637. The van der Waals surface area contributed by atoms with Gasteiger partial charge in [-0.1, -0.05) is 30.3 Å². The van der Waals surface area contributed by atoms with Crippen LogP contribution in [0.4, 0.5) is 0 Å². The molecular weight excluding hydrogens is 266 g/mol. The number of amides is 1. The van der Waals surface area contributed by atoms with E-state index in [1.165, 1.54) is 0 Å². The molecule has 4 nitrogen and oxygen atoms in total. The minimum absolute atomic E-state index is 0.000403. The van der Waals surface area contributed by atoms with Crippen molar-refractivity contribution in [3.05, 3.63) is 59.7 Å². The van der Waals surface area contributed by atoms with Gasteiger partial charge in [-0.05, 0) is 23.8 Å². The van der Waals surface area contributed by atoms with Crippen LogP contribution in [0.3, 0.4) is 0 Å². The minimum Gasteiger partial charge on any atom is -0.508 e. The average molecular weight is 283 g/mol. The number of carbonyl (C=O) groups excluding carboxylic acids is 1. The molecule has 1 aliphatic rings. The highest BCUT2D eigenvalue weighted by Crippen LogP contribution is 2.31. The van der Waals surface area contributed by atoms with Crippen molar-refractivity contribution in [1.82, 2.24) is 5.32 Å². The monoisotopic (exact) mass is 283 g/mol. The van der Waals surface area contributed by atoms with E-state index in [2.05, 4.69) is 5.32 Å². The zero-order valence-electron chi connectivity index (χ0n) is 11.6. The second-order valence-electron chi connectivity index (χ2n) is 5.14. The maximum absolute atomic E-state index is 12.2. The van der Waals surface area contributed by atoms with Crippen molar-refractivity contribution in [3.63, 3.8) is 0 Å². The first kappa shape index (κ1) is 13.5. The summed E-state index contributed by atoms with van der Waals surface area (Å²) >= 11 is 0. The highest BCUT2D eigenvalue weighted by molar-refractivity contribution is 5.79. The van der Waals surface area contributed by atoms with Crippen LogP contribution in [0.2, 0.25) is 0 Å². The Morgan fingerprint density at radius 1 is 1.19 bits per heavy atom. The van der Waals surface area contributed by atoms with Crippen LogP contribution in [0.15, 0.2) is 48.5 Å². The number of para-hydroxylation sites is 1. The topological polar surface area (TPSA) is 58.6 Å². The lowest BCUT2D eigenvalue weighted by Gasteiger charge is -2.26. The highest BCUT2D eigenvalue weighted by atomic mass is 16.5. The van der Waals surface area contributed by atoms with E-state index in [-0.39, 0.29) is 17.7 Å². The highest BCUT2D eigenvalue weighted by Gasteiger charge is 2.22. The molecule has 1 aliphatic heterocycles. The average Bonchev–Trinajstić information content (AvgIpc) is 2.50. The van der Waals surface area contributed by atoms with Crippen LogP contribution in [-0.4, -0.2) is 17.6 Å². The van der Waals surface area contributed by atoms with E-state index < -0.39 is 0 Å². The summed E-state index contributed by atoms with van der Waals surface area (Å²) in [6.45, 7) is 0.612. The van der Waals surface area contributed by atoms with E-state index in [0.717, 1.165) is 23.3 Å². The largest absolute Gasteiger partial charge is 0.508 e. The molecule has 0 saturated carbocycles. The van der Waals surface area contributed by atoms with Crippen molar-refractivity contribution in [2.45, 2.75) is 18.9 Å². The van der Waals surface area contributed by atoms with Gasteiger partial charge in [-0.3, -0.25) is 4.79 Å². The Morgan fingerprint density at radius 3 is 2.76 bits per heavy atom. The second kappa shape index (κ2) is 5.87. The first-order chi connectivity index (χ1) is 10.2. The standard InChI is InChI=1S/C17H17NO3/c19-13-7-5-12(6-8-13)11-17(20)18-15-9-10-21-16-4-2-1-3-14(15)16/h1-8,15,19H,9-11H2,(H,18,20). The SMILES string of the molecule is O=C(Cc1ccc(O)cc1)NC1CCOc2ccccc21. The summed E-state index contributed by atoms with van der Waals surface area (Å²) in [6, 6.07) is 14.5.